The standard InChI is InChI=1S/C24H19N3O3S2.C20H16ClN3O3S.C17H13N3OS.C13H9BrClN3O2S.C7H9BO3.C4H5BO2S/c1-16-3-9-20(10-4-16)32(28,29)27-24-22(21(11-13-25-24)18-12-14-31-15-18)23(26-27)17-5-7-19(30-2)8-6-17;1-13-3-9-16(10-4-13)28(25,26)24-20-18(17(21)11-12-22-20)19(23-24)14-5-7-15(27-2)8-6-14;1-21-13-4-2-11(3-5-13)16-15-14(12-7-9-22-10-12)6-8-18-17(15)20-19-16;1-8-2-4-9(5-3-8)21(19,20)18-13-11(12(14)17-18)10(15)6-7-16-13;1-11-7-4-2-6(3-5-7)8(9)10;6-5(7)4-1-2-8-3-4/h3-15H,1-2H3;3-12H,1-2H3;2-10H,1H3,(H,18,19,20);2-7H,1H3;2-5,9-10H,1H3;1-3,6-7H. The number of aromatic amines is 1. The number of benzene rings is 7. The Hall–Kier alpha value is -11.8. The Morgan fingerprint density at radius 2 is 0.730 bits per heavy atom. The van der Waals surface area contributed by atoms with Gasteiger partial charge in [0.15, 0.2) is 22.6 Å². The number of ether oxygens (including phenoxy) is 4. The normalized spacial score (nSPS) is 11.2. The average Bonchev–Trinajstić information content (AvgIpc) is 1.60. The molecule has 0 aliphatic heterocycles. The van der Waals surface area contributed by atoms with Crippen LogP contribution in [0.1, 0.15) is 16.7 Å². The third-order valence-electron chi connectivity index (χ3n) is 18.6. The molecule has 0 fully saturated rings. The number of aryl methyl sites for hydroxylation is 3. The summed E-state index contributed by atoms with van der Waals surface area (Å²) in [6.45, 7) is 5.69. The molecule has 11 heterocycles. The third kappa shape index (κ3) is 19.5. The molecule has 11 aromatic heterocycles. The second-order valence-electron chi connectivity index (χ2n) is 26.5. The molecule has 122 heavy (non-hydrogen) atoms. The van der Waals surface area contributed by atoms with Crippen LogP contribution in [0, 0.1) is 20.8 Å². The van der Waals surface area contributed by atoms with Gasteiger partial charge in [0.1, 0.15) is 39.0 Å². The molecule has 618 valence electrons. The van der Waals surface area contributed by atoms with Crippen LogP contribution in [0.3, 0.4) is 0 Å². The van der Waals surface area contributed by atoms with Gasteiger partial charge in [0.25, 0.3) is 30.1 Å². The van der Waals surface area contributed by atoms with E-state index in [2.05, 4.69) is 78.2 Å². The van der Waals surface area contributed by atoms with Crippen molar-refractivity contribution in [3.05, 3.63) is 301 Å². The van der Waals surface area contributed by atoms with Crippen molar-refractivity contribution in [2.75, 3.05) is 28.4 Å². The summed E-state index contributed by atoms with van der Waals surface area (Å²) in [5.41, 5.74) is 14.0. The fraction of sp³-hybridized carbons (Fsp3) is 0.0824. The molecule has 0 bridgehead atoms. The lowest BCUT2D eigenvalue weighted by Crippen LogP contribution is -2.29. The van der Waals surface area contributed by atoms with Gasteiger partial charge in [-0.25, -0.2) is 19.9 Å². The molecule has 37 heteroatoms. The van der Waals surface area contributed by atoms with Crippen LogP contribution in [0.4, 0.5) is 0 Å². The summed E-state index contributed by atoms with van der Waals surface area (Å²) in [5.74, 6) is 2.93. The minimum atomic E-state index is -3.95. The van der Waals surface area contributed by atoms with Gasteiger partial charge in [-0.05, 0) is 260 Å². The number of fused-ring (bicyclic) bond motifs is 4. The van der Waals surface area contributed by atoms with Crippen LogP contribution in [0.25, 0.3) is 100 Å². The Bertz CT molecular complexity index is 6990. The Morgan fingerprint density at radius 3 is 1.12 bits per heavy atom. The van der Waals surface area contributed by atoms with Gasteiger partial charge in [0.2, 0.25) is 0 Å². The number of halogens is 3. The predicted octanol–water partition coefficient (Wildman–Crippen LogP) is 16.2. The first-order valence-electron chi connectivity index (χ1n) is 36.5. The molecule has 0 unspecified atom stereocenters. The van der Waals surface area contributed by atoms with Crippen LogP contribution in [0.5, 0.6) is 23.0 Å². The number of hydrogen-bond donors (Lipinski definition) is 5. The van der Waals surface area contributed by atoms with Crippen LogP contribution < -0.4 is 29.9 Å². The summed E-state index contributed by atoms with van der Waals surface area (Å²) in [6, 6.07) is 61.8. The molecule has 7 aromatic carbocycles. The lowest BCUT2D eigenvalue weighted by molar-refractivity contribution is 0.414. The molecular formula is C85H71B2BrCl2N12O14S6. The van der Waals surface area contributed by atoms with Gasteiger partial charge in [-0.15, -0.1) is 17.4 Å². The van der Waals surface area contributed by atoms with Gasteiger partial charge in [-0.3, -0.25) is 5.10 Å². The fourth-order valence-corrected chi connectivity index (χ4v) is 19.1. The highest BCUT2D eigenvalue weighted by Crippen LogP contribution is 2.41. The zero-order valence-electron chi connectivity index (χ0n) is 65.5. The smallest absolute Gasteiger partial charge is 0.489 e. The van der Waals surface area contributed by atoms with E-state index in [0.29, 0.717) is 81.6 Å². The van der Waals surface area contributed by atoms with Gasteiger partial charge >= 0.3 is 14.2 Å². The summed E-state index contributed by atoms with van der Waals surface area (Å²) in [4.78, 5) is 17.6. The number of hydrogen-bond acceptors (Lipinski definition) is 25. The van der Waals surface area contributed by atoms with E-state index in [4.69, 9.17) is 62.2 Å². The van der Waals surface area contributed by atoms with E-state index in [9.17, 15) is 25.3 Å². The van der Waals surface area contributed by atoms with Crippen molar-refractivity contribution in [2.45, 2.75) is 35.5 Å². The number of aromatic nitrogens is 12. The first-order chi connectivity index (χ1) is 58.7. The molecule has 0 spiro atoms. The zero-order chi connectivity index (χ0) is 86.6. The summed E-state index contributed by atoms with van der Waals surface area (Å²) in [6.07, 6.45) is 6.33. The van der Waals surface area contributed by atoms with Gasteiger partial charge in [0, 0.05) is 41.5 Å². The van der Waals surface area contributed by atoms with E-state index in [1.54, 1.807) is 202 Å². The maximum atomic E-state index is 13.5. The number of H-pyrrole nitrogens is 1. The number of methoxy groups -OCH3 is 4. The maximum absolute atomic E-state index is 13.5. The lowest BCUT2D eigenvalue weighted by Gasteiger charge is -2.06. The summed E-state index contributed by atoms with van der Waals surface area (Å²) in [7, 11) is -8.01. The molecule has 18 aromatic rings. The van der Waals surface area contributed by atoms with Crippen LogP contribution >= 0.6 is 73.1 Å². The van der Waals surface area contributed by atoms with Crippen molar-refractivity contribution < 1.29 is 64.3 Å². The number of nitrogens with zero attached hydrogens (tertiary/aromatic N) is 11. The maximum Gasteiger partial charge on any atom is 0.489 e. The highest BCUT2D eigenvalue weighted by molar-refractivity contribution is 9.10. The minimum Gasteiger partial charge on any atom is -0.497 e. The van der Waals surface area contributed by atoms with E-state index in [1.165, 1.54) is 41.4 Å². The predicted molar refractivity (Wildman–Crippen MR) is 485 cm³/mol. The number of pyridine rings is 4. The van der Waals surface area contributed by atoms with Gasteiger partial charge in [0.05, 0.1) is 80.4 Å². The number of thiophene rings is 3. The molecule has 0 saturated heterocycles. The lowest BCUT2D eigenvalue weighted by atomic mass is 9.80. The number of rotatable bonds is 17. The molecule has 18 rings (SSSR count). The zero-order valence-corrected chi connectivity index (χ0v) is 73.5. The van der Waals surface area contributed by atoms with Gasteiger partial charge in [-0.2, -0.15) is 74.6 Å². The quantitative estimate of drug-likeness (QED) is 0.0529. The van der Waals surface area contributed by atoms with Gasteiger partial charge < -0.3 is 39.0 Å². The Morgan fingerprint density at radius 1 is 0.377 bits per heavy atom. The molecular weight excluding hydrogens is 1780 g/mol. The second kappa shape index (κ2) is 38.9. The third-order valence-corrected chi connectivity index (χ3v) is 26.6. The molecule has 0 aliphatic carbocycles. The Labute approximate surface area is 732 Å². The molecule has 0 saturated carbocycles. The number of nitrogens with one attached hydrogen (secondary N) is 1. The highest BCUT2D eigenvalue weighted by Gasteiger charge is 2.30. The van der Waals surface area contributed by atoms with Crippen molar-refractivity contribution in [2.24, 2.45) is 0 Å². The molecule has 0 amide bonds. The molecule has 5 N–H and O–H groups in total. The first kappa shape index (κ1) is 88.0. The minimum absolute atomic E-state index is 0.130. The molecule has 0 atom stereocenters. The largest absolute Gasteiger partial charge is 0.497 e. The topological polar surface area (TPSA) is 354 Å². The van der Waals surface area contributed by atoms with Crippen molar-refractivity contribution in [3.63, 3.8) is 0 Å². The van der Waals surface area contributed by atoms with E-state index in [-0.39, 0.29) is 26.0 Å². The fourth-order valence-electron chi connectivity index (χ4n) is 12.2. The first-order valence-corrected chi connectivity index (χ1v) is 45.2. The van der Waals surface area contributed by atoms with E-state index in [1.807, 2.05) is 98.3 Å². The summed E-state index contributed by atoms with van der Waals surface area (Å²) >= 11 is 20.4. The summed E-state index contributed by atoms with van der Waals surface area (Å²) < 4.78 is 103. The van der Waals surface area contributed by atoms with Crippen molar-refractivity contribution in [1.82, 2.24) is 57.7 Å². The SMILES string of the molecule is COc1ccc(-c2[nH]nc3nccc(-c4ccsc4)c23)cc1.COc1ccc(-c2nn(S(=O)(=O)c3ccc(C)cc3)c3nccc(-c4ccsc4)c23)cc1.COc1ccc(-c2nn(S(=O)(=O)c3ccc(C)cc3)c3nccc(Cl)c23)cc1.COc1ccc(B(O)O)cc1.Cc1ccc(S(=O)(=O)n2nc(Br)c3c(Cl)ccnc32)cc1.OB(O)c1ccsc1. The van der Waals surface area contributed by atoms with Crippen molar-refractivity contribution >= 4 is 173 Å². The van der Waals surface area contributed by atoms with Crippen molar-refractivity contribution in [3.8, 4) is 79.0 Å². The van der Waals surface area contributed by atoms with Crippen LogP contribution in [-0.2, 0) is 30.1 Å². The molecule has 0 aliphatic rings. The van der Waals surface area contributed by atoms with E-state index in [0.717, 1.165) is 79.2 Å². The Balaban J connectivity index is 0.000000132. The molecule has 26 nitrogen and oxygen atoms in total. The van der Waals surface area contributed by atoms with Crippen molar-refractivity contribution in [1.29, 1.82) is 0 Å². The highest BCUT2D eigenvalue weighted by atomic mass is 79.9. The van der Waals surface area contributed by atoms with Gasteiger partial charge in [-0.1, -0.05) is 94.5 Å². The monoisotopic (exact) mass is 1850 g/mol. The van der Waals surface area contributed by atoms with Crippen LogP contribution in [0.2, 0.25) is 10.0 Å². The van der Waals surface area contributed by atoms with Crippen LogP contribution in [-0.4, -0.2) is 146 Å². The molecule has 0 radical (unpaired) electrons. The second-order valence-corrected chi connectivity index (χ2v) is 35.7. The van der Waals surface area contributed by atoms with Crippen LogP contribution in [0.15, 0.2) is 289 Å². The van der Waals surface area contributed by atoms with E-state index >= 15 is 0 Å². The summed E-state index contributed by atoms with van der Waals surface area (Å²) in [5, 5.41) is 70.0. The van der Waals surface area contributed by atoms with E-state index < -0.39 is 44.3 Å². The Kier molecular flexibility index (Phi) is 28.1. The average molecular weight is 1850 g/mol.